The van der Waals surface area contributed by atoms with Gasteiger partial charge in [-0.3, -0.25) is 9.59 Å². The minimum Gasteiger partial charge on any atom is -0.354 e. The van der Waals surface area contributed by atoms with Gasteiger partial charge in [0.15, 0.2) is 0 Å². The lowest BCUT2D eigenvalue weighted by atomic mass is 9.95. The molecular formula is C12H23BrN2O2. The van der Waals surface area contributed by atoms with Crippen molar-refractivity contribution in [3.8, 4) is 0 Å². The Morgan fingerprint density at radius 3 is 2.29 bits per heavy atom. The summed E-state index contributed by atoms with van der Waals surface area (Å²) in [7, 11) is 0. The molecule has 4 nitrogen and oxygen atoms in total. The number of rotatable bonds is 8. The molecule has 0 rings (SSSR count). The summed E-state index contributed by atoms with van der Waals surface area (Å²) in [6.07, 6.45) is 2.18. The Morgan fingerprint density at radius 2 is 1.82 bits per heavy atom. The second-order valence-electron chi connectivity index (χ2n) is 4.62. The lowest BCUT2D eigenvalue weighted by Gasteiger charge is -2.17. The lowest BCUT2D eigenvalue weighted by Crippen LogP contribution is -2.39. The molecule has 0 saturated carbocycles. The highest BCUT2D eigenvalue weighted by Crippen LogP contribution is 2.13. The Bertz CT molecular complexity index is 245. The van der Waals surface area contributed by atoms with E-state index >= 15 is 0 Å². The van der Waals surface area contributed by atoms with E-state index in [-0.39, 0.29) is 23.7 Å². The molecule has 0 saturated heterocycles. The summed E-state index contributed by atoms with van der Waals surface area (Å²) in [4.78, 5) is 22.3. The lowest BCUT2D eigenvalue weighted by molar-refractivity contribution is -0.124. The Hall–Kier alpha value is -0.580. The average molecular weight is 307 g/mol. The second-order valence-corrected chi connectivity index (χ2v) is 5.18. The van der Waals surface area contributed by atoms with Crippen LogP contribution in [-0.4, -0.2) is 30.2 Å². The van der Waals surface area contributed by atoms with E-state index in [1.165, 1.54) is 0 Å². The molecule has 0 bridgehead atoms. The zero-order valence-corrected chi connectivity index (χ0v) is 12.5. The van der Waals surface area contributed by atoms with E-state index in [1.54, 1.807) is 0 Å². The van der Waals surface area contributed by atoms with E-state index in [0.717, 1.165) is 12.8 Å². The maximum absolute atomic E-state index is 11.4. The molecule has 0 aliphatic rings. The molecule has 0 aliphatic heterocycles. The van der Waals surface area contributed by atoms with Crippen molar-refractivity contribution in [3.63, 3.8) is 0 Å². The first kappa shape index (κ1) is 16.4. The summed E-state index contributed by atoms with van der Waals surface area (Å²) in [5.74, 6) is 0.867. The molecule has 0 aliphatic carbocycles. The van der Waals surface area contributed by atoms with E-state index in [0.29, 0.717) is 18.4 Å². The van der Waals surface area contributed by atoms with Crippen LogP contribution in [0.5, 0.6) is 0 Å². The molecular weight excluding hydrogens is 284 g/mol. The first-order valence-corrected chi connectivity index (χ1v) is 7.21. The van der Waals surface area contributed by atoms with Crippen molar-refractivity contribution in [3.05, 3.63) is 0 Å². The molecule has 0 unspecified atom stereocenters. The number of hydrogen-bond acceptors (Lipinski definition) is 2. The highest BCUT2D eigenvalue weighted by atomic mass is 79.9. The molecule has 0 aromatic rings. The second kappa shape index (κ2) is 9.45. The fraction of sp³-hybridized carbons (Fsp3) is 0.833. The smallest absolute Gasteiger partial charge is 0.239 e. The van der Waals surface area contributed by atoms with Crippen LogP contribution in [0.15, 0.2) is 0 Å². The van der Waals surface area contributed by atoms with E-state index in [2.05, 4.69) is 47.3 Å². The van der Waals surface area contributed by atoms with Crippen molar-refractivity contribution in [2.24, 2.45) is 11.8 Å². The Morgan fingerprint density at radius 1 is 1.18 bits per heavy atom. The maximum Gasteiger partial charge on any atom is 0.239 e. The Labute approximate surface area is 112 Å². The molecule has 2 N–H and O–H groups in total. The standard InChI is InChI=1S/C12H23BrN2O2/c1-4-10(5-9(2)3)7-14-12(17)8-15-11(16)6-13/h9-10H,4-8H2,1-3H3,(H,14,17)(H,15,16)/t10-/m1/s1. The maximum atomic E-state index is 11.4. The van der Waals surface area contributed by atoms with Gasteiger partial charge in [-0.2, -0.15) is 0 Å². The number of carbonyl (C=O) groups is 2. The number of alkyl halides is 1. The number of hydrogen-bond donors (Lipinski definition) is 2. The van der Waals surface area contributed by atoms with Crippen molar-refractivity contribution >= 4 is 27.7 Å². The van der Waals surface area contributed by atoms with Crippen LogP contribution in [0.25, 0.3) is 0 Å². The van der Waals surface area contributed by atoms with Gasteiger partial charge in [0, 0.05) is 6.54 Å². The largest absolute Gasteiger partial charge is 0.354 e. The molecule has 0 fully saturated rings. The molecule has 0 spiro atoms. The van der Waals surface area contributed by atoms with Crippen LogP contribution in [0.3, 0.4) is 0 Å². The third-order valence-corrected chi connectivity index (χ3v) is 3.05. The molecule has 17 heavy (non-hydrogen) atoms. The van der Waals surface area contributed by atoms with Crippen LogP contribution in [0.4, 0.5) is 0 Å². The third-order valence-electron chi connectivity index (χ3n) is 2.54. The molecule has 1 atom stereocenters. The van der Waals surface area contributed by atoms with Crippen LogP contribution in [0.1, 0.15) is 33.6 Å². The van der Waals surface area contributed by atoms with Crippen LogP contribution in [0.2, 0.25) is 0 Å². The fourth-order valence-electron chi connectivity index (χ4n) is 1.61. The summed E-state index contributed by atoms with van der Waals surface area (Å²) in [6.45, 7) is 7.24. The predicted molar refractivity (Wildman–Crippen MR) is 73.0 cm³/mol. The summed E-state index contributed by atoms with van der Waals surface area (Å²) in [5.41, 5.74) is 0. The fourth-order valence-corrected chi connectivity index (χ4v) is 1.81. The number of carbonyl (C=O) groups excluding carboxylic acids is 2. The molecule has 0 aromatic heterocycles. The van der Waals surface area contributed by atoms with Gasteiger partial charge in [-0.05, 0) is 18.3 Å². The molecule has 2 amide bonds. The van der Waals surface area contributed by atoms with Gasteiger partial charge in [-0.15, -0.1) is 0 Å². The first-order valence-electron chi connectivity index (χ1n) is 6.08. The SMILES string of the molecule is CC[C@@H](CNC(=O)CNC(=O)CBr)CC(C)C. The van der Waals surface area contributed by atoms with E-state index in [1.807, 2.05) is 0 Å². The molecule has 100 valence electrons. The van der Waals surface area contributed by atoms with Crippen molar-refractivity contribution in [1.82, 2.24) is 10.6 Å². The number of amides is 2. The van der Waals surface area contributed by atoms with Gasteiger partial charge in [0.25, 0.3) is 0 Å². The normalized spacial score (nSPS) is 12.3. The molecule has 0 aromatic carbocycles. The Kier molecular flexibility index (Phi) is 9.13. The van der Waals surface area contributed by atoms with Crippen LogP contribution >= 0.6 is 15.9 Å². The Balaban J connectivity index is 3.77. The van der Waals surface area contributed by atoms with Crippen molar-refractivity contribution < 1.29 is 9.59 Å². The topological polar surface area (TPSA) is 58.2 Å². The predicted octanol–water partition coefficient (Wildman–Crippen LogP) is 1.69. The molecule has 0 heterocycles. The van der Waals surface area contributed by atoms with Crippen LogP contribution in [0, 0.1) is 11.8 Å². The summed E-state index contributed by atoms with van der Waals surface area (Å²) in [5, 5.41) is 5.59. The van der Waals surface area contributed by atoms with Gasteiger partial charge in [-0.25, -0.2) is 0 Å². The summed E-state index contributed by atoms with van der Waals surface area (Å²) < 4.78 is 0. The third kappa shape index (κ3) is 9.15. The summed E-state index contributed by atoms with van der Waals surface area (Å²) >= 11 is 3.02. The monoisotopic (exact) mass is 306 g/mol. The average Bonchev–Trinajstić information content (AvgIpc) is 2.30. The zero-order valence-electron chi connectivity index (χ0n) is 10.9. The van der Waals surface area contributed by atoms with E-state index in [9.17, 15) is 9.59 Å². The van der Waals surface area contributed by atoms with Crippen molar-refractivity contribution in [2.75, 3.05) is 18.4 Å². The minimum absolute atomic E-state index is 0.0581. The molecule has 5 heteroatoms. The van der Waals surface area contributed by atoms with Crippen molar-refractivity contribution in [1.29, 1.82) is 0 Å². The van der Waals surface area contributed by atoms with Gasteiger partial charge < -0.3 is 10.6 Å². The highest BCUT2D eigenvalue weighted by Gasteiger charge is 2.10. The summed E-state index contributed by atoms with van der Waals surface area (Å²) in [6, 6.07) is 0. The van der Waals surface area contributed by atoms with E-state index < -0.39 is 0 Å². The highest BCUT2D eigenvalue weighted by molar-refractivity contribution is 9.09. The quantitative estimate of drug-likeness (QED) is 0.670. The van der Waals surface area contributed by atoms with Crippen LogP contribution in [-0.2, 0) is 9.59 Å². The van der Waals surface area contributed by atoms with Gasteiger partial charge in [0.2, 0.25) is 11.8 Å². The minimum atomic E-state index is -0.172. The molecule has 0 radical (unpaired) electrons. The van der Waals surface area contributed by atoms with Gasteiger partial charge >= 0.3 is 0 Å². The van der Waals surface area contributed by atoms with Crippen LogP contribution < -0.4 is 10.6 Å². The first-order chi connectivity index (χ1) is 7.99. The van der Waals surface area contributed by atoms with Gasteiger partial charge in [-0.1, -0.05) is 43.1 Å². The van der Waals surface area contributed by atoms with E-state index in [4.69, 9.17) is 0 Å². The zero-order chi connectivity index (χ0) is 13.3. The van der Waals surface area contributed by atoms with Gasteiger partial charge in [0.1, 0.15) is 0 Å². The van der Waals surface area contributed by atoms with Gasteiger partial charge in [0.05, 0.1) is 11.9 Å². The number of halogens is 1. The number of nitrogens with one attached hydrogen (secondary N) is 2. The van der Waals surface area contributed by atoms with Crippen molar-refractivity contribution in [2.45, 2.75) is 33.6 Å².